The lowest BCUT2D eigenvalue weighted by atomic mass is 10.1. The van der Waals surface area contributed by atoms with Gasteiger partial charge in [-0.3, -0.25) is 4.79 Å². The zero-order chi connectivity index (χ0) is 11.0. The molecule has 2 rings (SSSR count). The summed E-state index contributed by atoms with van der Waals surface area (Å²) in [4.78, 5) is 15.8. The number of rotatable bonds is 2. The van der Waals surface area contributed by atoms with Crippen LogP contribution in [-0.4, -0.2) is 15.2 Å². The summed E-state index contributed by atoms with van der Waals surface area (Å²) in [6.07, 6.45) is 1.95. The normalized spacial score (nSPS) is 11.2. The lowest BCUT2D eigenvalue weighted by molar-refractivity contribution is 0.101. The van der Waals surface area contributed by atoms with Gasteiger partial charge in [0.15, 0.2) is 5.78 Å². The molecule has 0 saturated carbocycles. The summed E-state index contributed by atoms with van der Waals surface area (Å²) >= 11 is 0. The Morgan fingerprint density at radius 2 is 2.13 bits per heavy atom. The molecule has 0 N–H and O–H groups in total. The number of nitrogens with zero attached hydrogens (tertiary/aromatic N) is 2. The first kappa shape index (κ1) is 9.90. The molecular formula is C12H14N2O. The van der Waals surface area contributed by atoms with Crippen LogP contribution in [-0.2, 0) is 0 Å². The summed E-state index contributed by atoms with van der Waals surface area (Å²) < 4.78 is 1.99. The molecular weight excluding hydrogens is 188 g/mol. The Hall–Kier alpha value is -1.64. The van der Waals surface area contributed by atoms with Crippen molar-refractivity contribution in [1.82, 2.24) is 9.38 Å². The van der Waals surface area contributed by atoms with Gasteiger partial charge in [0.1, 0.15) is 11.3 Å². The molecule has 0 radical (unpaired) electrons. The number of carbonyl (C=O) groups is 1. The zero-order valence-electron chi connectivity index (χ0n) is 9.19. The molecule has 78 valence electrons. The number of carbonyl (C=O) groups excluding carboxylic acids is 1. The Kier molecular flexibility index (Phi) is 2.31. The van der Waals surface area contributed by atoms with E-state index in [1.54, 1.807) is 6.92 Å². The highest BCUT2D eigenvalue weighted by atomic mass is 16.1. The van der Waals surface area contributed by atoms with Crippen LogP contribution in [0.2, 0.25) is 0 Å². The molecule has 2 aromatic heterocycles. The molecule has 0 fully saturated rings. The van der Waals surface area contributed by atoms with Crippen molar-refractivity contribution in [2.75, 3.05) is 0 Å². The maximum absolute atomic E-state index is 11.5. The van der Waals surface area contributed by atoms with Gasteiger partial charge in [-0.2, -0.15) is 0 Å². The molecule has 0 aliphatic heterocycles. The van der Waals surface area contributed by atoms with Crippen molar-refractivity contribution in [2.24, 2.45) is 0 Å². The van der Waals surface area contributed by atoms with Crippen LogP contribution in [0.5, 0.6) is 0 Å². The highest BCUT2D eigenvalue weighted by Crippen LogP contribution is 2.21. The Morgan fingerprint density at radius 1 is 1.40 bits per heavy atom. The monoisotopic (exact) mass is 202 g/mol. The zero-order valence-corrected chi connectivity index (χ0v) is 9.19. The van der Waals surface area contributed by atoms with Gasteiger partial charge in [-0.05, 0) is 18.1 Å². The van der Waals surface area contributed by atoms with E-state index in [1.807, 2.05) is 28.8 Å². The summed E-state index contributed by atoms with van der Waals surface area (Å²) in [6, 6.07) is 5.79. The molecule has 2 aromatic rings. The van der Waals surface area contributed by atoms with E-state index in [-0.39, 0.29) is 5.78 Å². The second kappa shape index (κ2) is 3.50. The third kappa shape index (κ3) is 1.54. The Bertz CT molecular complexity index is 511. The van der Waals surface area contributed by atoms with Gasteiger partial charge in [-0.15, -0.1) is 0 Å². The lowest BCUT2D eigenvalue weighted by Crippen LogP contribution is -2.02. The highest BCUT2D eigenvalue weighted by Gasteiger charge is 2.17. The molecule has 0 aromatic carbocycles. The average molecular weight is 202 g/mol. The minimum atomic E-state index is 0.0300. The van der Waals surface area contributed by atoms with Crippen LogP contribution < -0.4 is 0 Å². The number of pyridine rings is 1. The fourth-order valence-corrected chi connectivity index (χ4v) is 1.83. The predicted octanol–water partition coefficient (Wildman–Crippen LogP) is 2.66. The van der Waals surface area contributed by atoms with E-state index >= 15 is 0 Å². The Morgan fingerprint density at radius 3 is 2.73 bits per heavy atom. The van der Waals surface area contributed by atoms with E-state index in [2.05, 4.69) is 18.8 Å². The van der Waals surface area contributed by atoms with Crippen LogP contribution in [0.15, 0.2) is 24.4 Å². The molecule has 3 heteroatoms. The first-order valence-corrected chi connectivity index (χ1v) is 5.09. The maximum atomic E-state index is 11.5. The minimum Gasteiger partial charge on any atom is -0.303 e. The van der Waals surface area contributed by atoms with Gasteiger partial charge in [-0.1, -0.05) is 19.9 Å². The molecule has 0 unspecified atom stereocenters. The first-order chi connectivity index (χ1) is 7.11. The number of aromatic nitrogens is 2. The second-order valence-electron chi connectivity index (χ2n) is 3.99. The molecule has 15 heavy (non-hydrogen) atoms. The van der Waals surface area contributed by atoms with Crippen LogP contribution in [0.4, 0.5) is 0 Å². The van der Waals surface area contributed by atoms with E-state index < -0.39 is 0 Å². The number of ketones is 1. The highest BCUT2D eigenvalue weighted by molar-refractivity contribution is 5.94. The number of fused-ring (bicyclic) bond motifs is 1. The smallest absolute Gasteiger partial charge is 0.180 e. The van der Waals surface area contributed by atoms with Gasteiger partial charge in [0.2, 0.25) is 0 Å². The largest absolute Gasteiger partial charge is 0.303 e. The predicted molar refractivity (Wildman–Crippen MR) is 59.3 cm³/mol. The van der Waals surface area contributed by atoms with Crippen LogP contribution in [0.3, 0.4) is 0 Å². The quantitative estimate of drug-likeness (QED) is 0.701. The molecule has 0 spiro atoms. The SMILES string of the molecule is CC(=O)c1nc2ccccn2c1C(C)C. The van der Waals surface area contributed by atoms with Crippen molar-refractivity contribution < 1.29 is 4.79 Å². The molecule has 0 aliphatic rings. The van der Waals surface area contributed by atoms with Crippen LogP contribution in [0.1, 0.15) is 42.9 Å². The van der Waals surface area contributed by atoms with E-state index in [4.69, 9.17) is 0 Å². The summed E-state index contributed by atoms with van der Waals surface area (Å²) in [7, 11) is 0. The van der Waals surface area contributed by atoms with E-state index in [0.29, 0.717) is 11.6 Å². The standard InChI is InChI=1S/C12H14N2O/c1-8(2)12-11(9(3)15)13-10-6-4-5-7-14(10)12/h4-8H,1-3H3. The van der Waals surface area contributed by atoms with Crippen molar-refractivity contribution in [1.29, 1.82) is 0 Å². The van der Waals surface area contributed by atoms with Gasteiger partial charge >= 0.3 is 0 Å². The number of imidazole rings is 1. The van der Waals surface area contributed by atoms with Gasteiger partial charge in [0.25, 0.3) is 0 Å². The van der Waals surface area contributed by atoms with Gasteiger partial charge in [0.05, 0.1) is 5.69 Å². The first-order valence-electron chi connectivity index (χ1n) is 5.09. The van der Waals surface area contributed by atoms with Crippen LogP contribution in [0.25, 0.3) is 5.65 Å². The van der Waals surface area contributed by atoms with Crippen molar-refractivity contribution in [2.45, 2.75) is 26.7 Å². The third-order valence-corrected chi connectivity index (χ3v) is 2.45. The van der Waals surface area contributed by atoms with Crippen LogP contribution in [0, 0.1) is 0 Å². The molecule has 0 amide bonds. The van der Waals surface area contributed by atoms with Crippen molar-refractivity contribution in [3.8, 4) is 0 Å². The summed E-state index contributed by atoms with van der Waals surface area (Å²) in [5.41, 5.74) is 2.43. The molecule has 3 nitrogen and oxygen atoms in total. The minimum absolute atomic E-state index is 0.0300. The summed E-state index contributed by atoms with van der Waals surface area (Å²) in [5, 5.41) is 0. The number of hydrogen-bond donors (Lipinski definition) is 0. The fraction of sp³-hybridized carbons (Fsp3) is 0.333. The lowest BCUT2D eigenvalue weighted by Gasteiger charge is -2.06. The maximum Gasteiger partial charge on any atom is 0.180 e. The molecule has 2 heterocycles. The Balaban J connectivity index is 2.80. The van der Waals surface area contributed by atoms with Crippen molar-refractivity contribution in [3.63, 3.8) is 0 Å². The van der Waals surface area contributed by atoms with Crippen molar-refractivity contribution in [3.05, 3.63) is 35.8 Å². The fourth-order valence-electron chi connectivity index (χ4n) is 1.83. The van der Waals surface area contributed by atoms with Gasteiger partial charge in [0, 0.05) is 13.1 Å². The van der Waals surface area contributed by atoms with E-state index in [0.717, 1.165) is 11.3 Å². The second-order valence-corrected chi connectivity index (χ2v) is 3.99. The van der Waals surface area contributed by atoms with E-state index in [1.165, 1.54) is 0 Å². The third-order valence-electron chi connectivity index (χ3n) is 2.45. The average Bonchev–Trinajstić information content (AvgIpc) is 2.56. The summed E-state index contributed by atoms with van der Waals surface area (Å²) in [5.74, 6) is 0.323. The molecule has 0 atom stereocenters. The molecule has 0 aliphatic carbocycles. The van der Waals surface area contributed by atoms with Crippen LogP contribution >= 0.6 is 0 Å². The van der Waals surface area contributed by atoms with Gasteiger partial charge in [-0.25, -0.2) is 4.98 Å². The van der Waals surface area contributed by atoms with Crippen molar-refractivity contribution >= 4 is 11.4 Å². The van der Waals surface area contributed by atoms with E-state index in [9.17, 15) is 4.79 Å². The molecule has 0 saturated heterocycles. The molecule has 0 bridgehead atoms. The number of hydrogen-bond acceptors (Lipinski definition) is 2. The van der Waals surface area contributed by atoms with Gasteiger partial charge < -0.3 is 4.40 Å². The Labute approximate surface area is 88.8 Å². The topological polar surface area (TPSA) is 34.4 Å². The number of Topliss-reactive ketones (excluding diaryl/α,β-unsaturated/α-hetero) is 1. The summed E-state index contributed by atoms with van der Waals surface area (Å²) in [6.45, 7) is 5.71.